The summed E-state index contributed by atoms with van der Waals surface area (Å²) >= 11 is 0. The zero-order chi connectivity index (χ0) is 17.3. The van der Waals surface area contributed by atoms with E-state index in [0.29, 0.717) is 5.88 Å². The molecule has 0 bridgehead atoms. The minimum absolute atomic E-state index is 0. The van der Waals surface area contributed by atoms with Gasteiger partial charge >= 0.3 is 0 Å². The highest BCUT2D eigenvalue weighted by Crippen LogP contribution is 2.28. The summed E-state index contributed by atoms with van der Waals surface area (Å²) in [7, 11) is 0. The van der Waals surface area contributed by atoms with E-state index < -0.39 is 0 Å². The van der Waals surface area contributed by atoms with Crippen LogP contribution in [0.5, 0.6) is 0 Å². The molecule has 0 saturated carbocycles. The predicted octanol–water partition coefficient (Wildman–Crippen LogP) is 4.95. The third kappa shape index (κ3) is 3.13. The molecule has 0 unspecified atom stereocenters. The summed E-state index contributed by atoms with van der Waals surface area (Å²) in [5, 5.41) is 5.44. The Bertz CT molecular complexity index is 1160. The van der Waals surface area contributed by atoms with Crippen molar-refractivity contribution in [3.8, 4) is 17.1 Å². The lowest BCUT2D eigenvalue weighted by Gasteiger charge is -1.99. The monoisotopic (exact) mass is 376 g/mol. The van der Waals surface area contributed by atoms with Gasteiger partial charge in [0.05, 0.1) is 18.4 Å². The molecule has 0 N–H and O–H groups in total. The first-order valence-corrected chi connectivity index (χ1v) is 8.46. The quantitative estimate of drug-likeness (QED) is 0.445. The zero-order valence-corrected chi connectivity index (χ0v) is 15.2. The van der Waals surface area contributed by atoms with Crippen LogP contribution in [0.1, 0.15) is 5.56 Å². The lowest BCUT2D eigenvalue weighted by Crippen LogP contribution is -1.95. The van der Waals surface area contributed by atoms with Crippen LogP contribution >= 0.6 is 12.4 Å². The van der Waals surface area contributed by atoms with Crippen molar-refractivity contribution in [3.63, 3.8) is 0 Å². The maximum Gasteiger partial charge on any atom is 0.236 e. The molecule has 0 radical (unpaired) electrons. The molecule has 2 aromatic carbocycles. The molecule has 6 heteroatoms. The first-order valence-electron chi connectivity index (χ1n) is 8.46. The maximum absolute atomic E-state index is 5.66. The minimum atomic E-state index is 0. The van der Waals surface area contributed by atoms with Crippen LogP contribution in [0, 0.1) is 0 Å². The largest absolute Gasteiger partial charge is 0.337 e. The third-order valence-corrected chi connectivity index (χ3v) is 4.51. The van der Waals surface area contributed by atoms with Crippen molar-refractivity contribution in [1.29, 1.82) is 0 Å². The highest BCUT2D eigenvalue weighted by atomic mass is 35.5. The predicted molar refractivity (Wildman–Crippen MR) is 107 cm³/mol. The fourth-order valence-electron chi connectivity index (χ4n) is 3.26. The molecule has 27 heavy (non-hydrogen) atoms. The zero-order valence-electron chi connectivity index (χ0n) is 14.4. The van der Waals surface area contributed by atoms with E-state index in [1.807, 2.05) is 55.0 Å². The van der Waals surface area contributed by atoms with E-state index in [1.165, 1.54) is 10.9 Å². The van der Waals surface area contributed by atoms with E-state index in [-0.39, 0.29) is 12.4 Å². The van der Waals surface area contributed by atoms with Crippen LogP contribution in [-0.2, 0) is 6.54 Å². The minimum Gasteiger partial charge on any atom is -0.337 e. The number of hydrogen-bond donors (Lipinski definition) is 0. The molecule has 5 nitrogen and oxygen atoms in total. The van der Waals surface area contributed by atoms with Gasteiger partial charge in [0.15, 0.2) is 0 Å². The van der Waals surface area contributed by atoms with Crippen LogP contribution in [0.25, 0.3) is 28.0 Å². The molecule has 3 heterocycles. The van der Waals surface area contributed by atoms with Gasteiger partial charge in [-0.05, 0) is 11.6 Å². The van der Waals surface area contributed by atoms with Crippen LogP contribution < -0.4 is 0 Å². The summed E-state index contributed by atoms with van der Waals surface area (Å²) in [4.78, 5) is 4.13. The Hall–Kier alpha value is -3.31. The van der Waals surface area contributed by atoms with Gasteiger partial charge in [0.1, 0.15) is 5.69 Å². The molecule has 0 spiro atoms. The summed E-state index contributed by atoms with van der Waals surface area (Å²) in [5.41, 5.74) is 4.17. The number of rotatable bonds is 4. The average molecular weight is 377 g/mol. The first kappa shape index (κ1) is 17.1. The van der Waals surface area contributed by atoms with E-state index in [2.05, 4.69) is 43.7 Å². The van der Waals surface area contributed by atoms with E-state index >= 15 is 0 Å². The number of imidazole rings is 1. The van der Waals surface area contributed by atoms with Crippen molar-refractivity contribution in [3.05, 3.63) is 91.1 Å². The molecule has 0 fully saturated rings. The number of hydrogen-bond acceptors (Lipinski definition) is 3. The van der Waals surface area contributed by atoms with Gasteiger partial charge in [0.2, 0.25) is 5.88 Å². The smallest absolute Gasteiger partial charge is 0.236 e. The molecule has 5 aromatic rings. The normalized spacial score (nSPS) is 10.8. The maximum atomic E-state index is 5.66. The molecule has 3 aromatic heterocycles. The summed E-state index contributed by atoms with van der Waals surface area (Å²) in [6.07, 6.45) is 7.70. The van der Waals surface area contributed by atoms with Crippen molar-refractivity contribution in [2.24, 2.45) is 0 Å². The number of para-hydroxylation sites is 1. The van der Waals surface area contributed by atoms with Crippen LogP contribution in [0.15, 0.2) is 90.1 Å². The lowest BCUT2D eigenvalue weighted by atomic mass is 10.1. The topological polar surface area (TPSA) is 48.8 Å². The molecular formula is C21H17ClN4O. The molecule has 134 valence electrons. The van der Waals surface area contributed by atoms with Crippen LogP contribution in [0.3, 0.4) is 0 Å². The molecule has 0 atom stereocenters. The summed E-state index contributed by atoms with van der Waals surface area (Å²) in [5.74, 6) is 0.705. The Balaban J connectivity index is 0.00000180. The molecule has 5 rings (SSSR count). The lowest BCUT2D eigenvalue weighted by molar-refractivity contribution is 0.410. The Morgan fingerprint density at radius 1 is 0.963 bits per heavy atom. The van der Waals surface area contributed by atoms with Crippen molar-refractivity contribution in [2.75, 3.05) is 0 Å². The molecule has 0 aliphatic heterocycles. The Kier molecular flexibility index (Phi) is 4.52. The van der Waals surface area contributed by atoms with E-state index in [0.717, 1.165) is 23.3 Å². The van der Waals surface area contributed by atoms with Gasteiger partial charge < -0.3 is 9.09 Å². The van der Waals surface area contributed by atoms with Crippen molar-refractivity contribution < 1.29 is 4.52 Å². The van der Waals surface area contributed by atoms with Gasteiger partial charge in [0.25, 0.3) is 0 Å². The van der Waals surface area contributed by atoms with Gasteiger partial charge in [0, 0.05) is 35.6 Å². The van der Waals surface area contributed by atoms with E-state index in [4.69, 9.17) is 4.52 Å². The van der Waals surface area contributed by atoms with Crippen LogP contribution in [0.4, 0.5) is 0 Å². The molecule has 0 aliphatic rings. The number of fused-ring (bicyclic) bond motifs is 1. The highest BCUT2D eigenvalue weighted by Gasteiger charge is 2.14. The van der Waals surface area contributed by atoms with Gasteiger partial charge in [-0.25, -0.2) is 4.98 Å². The Morgan fingerprint density at radius 2 is 1.78 bits per heavy atom. The van der Waals surface area contributed by atoms with Gasteiger partial charge in [-0.1, -0.05) is 53.7 Å². The SMILES string of the molecule is Cl.c1ccc(-c2cc(-n3cc(Cn4ccnc4)c4ccccc43)on2)cc1. The summed E-state index contributed by atoms with van der Waals surface area (Å²) in [6.45, 7) is 0.757. The third-order valence-electron chi connectivity index (χ3n) is 4.51. The molecule has 0 amide bonds. The van der Waals surface area contributed by atoms with Gasteiger partial charge in [-0.2, -0.15) is 0 Å². The fourth-order valence-corrected chi connectivity index (χ4v) is 3.26. The Labute approximate surface area is 162 Å². The van der Waals surface area contributed by atoms with E-state index in [9.17, 15) is 0 Å². The standard InChI is InChI=1S/C21H16N4O.ClH/c1-2-6-16(7-3-1)19-12-21(26-23-19)25-14-17(13-24-11-10-22-15-24)18-8-4-5-9-20(18)25;/h1-12,14-15H,13H2;1H. The number of halogens is 1. The number of aromatic nitrogens is 4. The van der Waals surface area contributed by atoms with Gasteiger partial charge in [-0.3, -0.25) is 4.57 Å². The molecule has 0 saturated heterocycles. The fraction of sp³-hybridized carbons (Fsp3) is 0.0476. The first-order chi connectivity index (χ1) is 12.9. The number of benzene rings is 2. The second-order valence-corrected chi connectivity index (χ2v) is 6.19. The second kappa shape index (κ2) is 7.13. The molecule has 0 aliphatic carbocycles. The van der Waals surface area contributed by atoms with Crippen LogP contribution in [-0.4, -0.2) is 19.3 Å². The second-order valence-electron chi connectivity index (χ2n) is 6.19. The average Bonchev–Trinajstić information content (AvgIpc) is 3.43. The van der Waals surface area contributed by atoms with Crippen LogP contribution in [0.2, 0.25) is 0 Å². The highest BCUT2D eigenvalue weighted by molar-refractivity contribution is 5.86. The number of nitrogens with zero attached hydrogens (tertiary/aromatic N) is 4. The van der Waals surface area contributed by atoms with Crippen molar-refractivity contribution >= 4 is 23.3 Å². The van der Waals surface area contributed by atoms with Crippen molar-refractivity contribution in [2.45, 2.75) is 6.54 Å². The summed E-state index contributed by atoms with van der Waals surface area (Å²) in [6, 6.07) is 20.3. The van der Waals surface area contributed by atoms with E-state index in [1.54, 1.807) is 6.20 Å². The van der Waals surface area contributed by atoms with Crippen molar-refractivity contribution in [1.82, 2.24) is 19.3 Å². The summed E-state index contributed by atoms with van der Waals surface area (Å²) < 4.78 is 9.77. The Morgan fingerprint density at radius 3 is 2.59 bits per heavy atom. The molecular weight excluding hydrogens is 360 g/mol. The van der Waals surface area contributed by atoms with Gasteiger partial charge in [-0.15, -0.1) is 12.4 Å².